The van der Waals surface area contributed by atoms with Crippen molar-refractivity contribution in [3.63, 3.8) is 0 Å². The molecule has 0 unspecified atom stereocenters. The molecule has 0 spiro atoms. The number of nitrogens with zero attached hydrogens (tertiary/aromatic N) is 2. The molecule has 0 saturated heterocycles. The highest BCUT2D eigenvalue weighted by Gasteiger charge is 2.21. The first-order valence-corrected chi connectivity index (χ1v) is 16.5. The molecule has 0 bridgehead atoms. The fraction of sp³-hybridized carbons (Fsp3) is 0. The summed E-state index contributed by atoms with van der Waals surface area (Å²) < 4.78 is 15.5. The number of fused-ring (bicyclic) bond motifs is 11. The van der Waals surface area contributed by atoms with Gasteiger partial charge in [-0.05, 0) is 59.7 Å². The number of rotatable bonds is 3. The van der Waals surface area contributed by atoms with Crippen LogP contribution in [0.15, 0.2) is 167 Å². The molecule has 0 saturated carbocycles. The van der Waals surface area contributed by atoms with Gasteiger partial charge in [0.25, 0.3) is 0 Å². The Morgan fingerprint density at radius 3 is 2.10 bits per heavy atom. The van der Waals surface area contributed by atoms with Crippen LogP contribution in [-0.4, -0.2) is 9.55 Å². The summed E-state index contributed by atoms with van der Waals surface area (Å²) in [5.41, 5.74) is 11.9. The first kappa shape index (κ1) is 26.4. The van der Waals surface area contributed by atoms with Crippen LogP contribution in [0.3, 0.4) is 0 Å². The van der Waals surface area contributed by atoms with Gasteiger partial charge in [-0.1, -0.05) is 103 Å². The third kappa shape index (κ3) is 3.77. The Labute approximate surface area is 280 Å². The Morgan fingerprint density at radius 2 is 1.18 bits per heavy atom. The number of furan rings is 2. The van der Waals surface area contributed by atoms with Crippen molar-refractivity contribution in [2.24, 2.45) is 0 Å². The Balaban J connectivity index is 1.16. The lowest BCUT2D eigenvalue weighted by Gasteiger charge is -2.11. The van der Waals surface area contributed by atoms with E-state index in [1.54, 1.807) is 0 Å². The molecule has 228 valence electrons. The van der Waals surface area contributed by atoms with Crippen molar-refractivity contribution in [2.45, 2.75) is 0 Å². The summed E-state index contributed by atoms with van der Waals surface area (Å²) in [5, 5.41) is 7.83. The van der Waals surface area contributed by atoms with Gasteiger partial charge in [0.15, 0.2) is 5.58 Å². The van der Waals surface area contributed by atoms with E-state index in [0.717, 1.165) is 93.7 Å². The molecule has 4 heterocycles. The number of hydrogen-bond acceptors (Lipinski definition) is 3. The Morgan fingerprint density at radius 1 is 0.449 bits per heavy atom. The van der Waals surface area contributed by atoms with Gasteiger partial charge in [0.05, 0.1) is 27.9 Å². The number of benzene rings is 7. The predicted octanol–water partition coefficient (Wildman–Crippen LogP) is 12.5. The van der Waals surface area contributed by atoms with Gasteiger partial charge in [0.2, 0.25) is 0 Å². The van der Waals surface area contributed by atoms with E-state index in [1.165, 1.54) is 10.9 Å². The second-order valence-electron chi connectivity index (χ2n) is 12.7. The van der Waals surface area contributed by atoms with Crippen molar-refractivity contribution >= 4 is 76.6 Å². The highest BCUT2D eigenvalue weighted by molar-refractivity contribution is 6.22. The summed E-state index contributed by atoms with van der Waals surface area (Å²) >= 11 is 0. The second-order valence-corrected chi connectivity index (χ2v) is 12.7. The minimum atomic E-state index is 0.826. The van der Waals surface area contributed by atoms with Crippen molar-refractivity contribution in [1.82, 2.24) is 9.55 Å². The molecule has 4 nitrogen and oxygen atoms in total. The van der Waals surface area contributed by atoms with Crippen molar-refractivity contribution in [1.29, 1.82) is 0 Å². The van der Waals surface area contributed by atoms with Gasteiger partial charge < -0.3 is 13.4 Å². The summed E-state index contributed by atoms with van der Waals surface area (Å²) in [6.07, 6.45) is 0. The van der Waals surface area contributed by atoms with Gasteiger partial charge in [-0.15, -0.1) is 0 Å². The third-order valence-electron chi connectivity index (χ3n) is 10.00. The van der Waals surface area contributed by atoms with Gasteiger partial charge in [-0.2, -0.15) is 0 Å². The fourth-order valence-electron chi connectivity index (χ4n) is 7.84. The third-order valence-corrected chi connectivity index (χ3v) is 10.00. The van der Waals surface area contributed by atoms with Gasteiger partial charge in [0, 0.05) is 49.3 Å². The van der Waals surface area contributed by atoms with Crippen LogP contribution in [0.5, 0.6) is 0 Å². The SMILES string of the molecule is c1ccc(-c2cc(-c3cccc4oc5cc(-n6c7ccccc7c7ccc8c9ccccc9oc8c76)ccc5c34)nc3ccccc23)cc1. The van der Waals surface area contributed by atoms with Crippen molar-refractivity contribution < 1.29 is 8.83 Å². The minimum Gasteiger partial charge on any atom is -0.456 e. The normalized spacial score (nSPS) is 12.1. The number of aromatic nitrogens is 2. The lowest BCUT2D eigenvalue weighted by atomic mass is 9.96. The van der Waals surface area contributed by atoms with Crippen LogP contribution in [0.2, 0.25) is 0 Å². The molecule has 4 heteroatoms. The van der Waals surface area contributed by atoms with Crippen LogP contribution in [0, 0.1) is 0 Å². The topological polar surface area (TPSA) is 44.1 Å². The largest absolute Gasteiger partial charge is 0.456 e. The highest BCUT2D eigenvalue weighted by atomic mass is 16.3. The zero-order chi connectivity index (χ0) is 32.1. The van der Waals surface area contributed by atoms with Crippen LogP contribution < -0.4 is 0 Å². The monoisotopic (exact) mass is 626 g/mol. The maximum atomic E-state index is 6.65. The molecule has 4 aromatic heterocycles. The molecule has 0 atom stereocenters. The molecular formula is C45H26N2O2. The van der Waals surface area contributed by atoms with Crippen LogP contribution in [0.4, 0.5) is 0 Å². The van der Waals surface area contributed by atoms with Gasteiger partial charge in [-0.3, -0.25) is 0 Å². The number of para-hydroxylation sites is 3. The highest BCUT2D eigenvalue weighted by Crippen LogP contribution is 2.43. The maximum absolute atomic E-state index is 6.65. The molecule has 0 aliphatic heterocycles. The molecule has 0 aliphatic carbocycles. The van der Waals surface area contributed by atoms with Crippen molar-refractivity contribution in [3.05, 3.63) is 158 Å². The van der Waals surface area contributed by atoms with E-state index < -0.39 is 0 Å². The Bertz CT molecular complexity index is 3110. The standard InChI is InChI=1S/C45H26N2O2/c1-2-11-27(12-3-1)36-26-38(46-37-17-7-4-13-29(36)37)34-16-10-20-41-43(34)35-22-21-28(25-42(35)48-41)47-39-18-8-5-14-30(39)32-23-24-33-31-15-6-9-19-40(31)49-45(33)44(32)47/h1-26H. The smallest absolute Gasteiger partial charge is 0.160 e. The summed E-state index contributed by atoms with van der Waals surface area (Å²) in [5.74, 6) is 0. The van der Waals surface area contributed by atoms with Crippen molar-refractivity contribution in [3.8, 4) is 28.1 Å². The molecule has 49 heavy (non-hydrogen) atoms. The maximum Gasteiger partial charge on any atom is 0.160 e. The van der Waals surface area contributed by atoms with E-state index in [2.05, 4.69) is 150 Å². The van der Waals surface area contributed by atoms with E-state index >= 15 is 0 Å². The van der Waals surface area contributed by atoms with E-state index in [-0.39, 0.29) is 0 Å². The van der Waals surface area contributed by atoms with Crippen LogP contribution >= 0.6 is 0 Å². The zero-order valence-electron chi connectivity index (χ0n) is 26.2. The van der Waals surface area contributed by atoms with E-state index in [9.17, 15) is 0 Å². The Hall–Kier alpha value is -6.65. The summed E-state index contributed by atoms with van der Waals surface area (Å²) in [6.45, 7) is 0. The molecule has 7 aromatic carbocycles. The molecule has 0 amide bonds. The lowest BCUT2D eigenvalue weighted by Crippen LogP contribution is -1.94. The second kappa shape index (κ2) is 9.93. The number of hydrogen-bond donors (Lipinski definition) is 0. The van der Waals surface area contributed by atoms with Gasteiger partial charge in [-0.25, -0.2) is 4.98 Å². The van der Waals surface area contributed by atoms with Crippen LogP contribution in [0.25, 0.3) is 105 Å². The fourth-order valence-corrected chi connectivity index (χ4v) is 7.84. The van der Waals surface area contributed by atoms with E-state index in [1.807, 2.05) is 12.1 Å². The van der Waals surface area contributed by atoms with Crippen LogP contribution in [-0.2, 0) is 0 Å². The summed E-state index contributed by atoms with van der Waals surface area (Å²) in [4.78, 5) is 5.19. The molecule has 0 fully saturated rings. The first-order valence-electron chi connectivity index (χ1n) is 16.5. The molecule has 11 rings (SSSR count). The molecule has 0 N–H and O–H groups in total. The lowest BCUT2D eigenvalue weighted by molar-refractivity contribution is 0.668. The van der Waals surface area contributed by atoms with Crippen molar-refractivity contribution in [2.75, 3.05) is 0 Å². The predicted molar refractivity (Wildman–Crippen MR) is 202 cm³/mol. The Kier molecular flexibility index (Phi) is 5.35. The molecule has 11 aromatic rings. The van der Waals surface area contributed by atoms with Crippen LogP contribution in [0.1, 0.15) is 0 Å². The van der Waals surface area contributed by atoms with Gasteiger partial charge in [0.1, 0.15) is 16.7 Å². The van der Waals surface area contributed by atoms with E-state index in [4.69, 9.17) is 13.8 Å². The zero-order valence-corrected chi connectivity index (χ0v) is 26.2. The average molecular weight is 627 g/mol. The molecule has 0 radical (unpaired) electrons. The number of pyridine rings is 1. The quantitative estimate of drug-likeness (QED) is 0.196. The average Bonchev–Trinajstić information content (AvgIpc) is 3.84. The van der Waals surface area contributed by atoms with Gasteiger partial charge >= 0.3 is 0 Å². The minimum absolute atomic E-state index is 0.826. The molecular weight excluding hydrogens is 601 g/mol. The van der Waals surface area contributed by atoms with E-state index in [0.29, 0.717) is 0 Å². The summed E-state index contributed by atoms with van der Waals surface area (Å²) in [6, 6.07) is 55.2. The molecule has 0 aliphatic rings. The summed E-state index contributed by atoms with van der Waals surface area (Å²) in [7, 11) is 0. The first-order chi connectivity index (χ1) is 24.3.